The van der Waals surface area contributed by atoms with Crippen LogP contribution >= 0.6 is 0 Å². The third kappa shape index (κ3) is 3.24. The Morgan fingerprint density at radius 1 is 0.857 bits per heavy atom. The van der Waals surface area contributed by atoms with Crippen molar-refractivity contribution in [1.29, 1.82) is 0 Å². The van der Waals surface area contributed by atoms with Gasteiger partial charge in [-0.05, 0) is 12.1 Å². The van der Waals surface area contributed by atoms with Crippen molar-refractivity contribution in [2.75, 3.05) is 36.9 Å². The maximum Gasteiger partial charge on any atom is 0.0604 e. The molecule has 0 saturated carbocycles. The average molecular weight is 196 g/mol. The number of benzene rings is 1. The predicted molar refractivity (Wildman–Crippen MR) is 57.6 cm³/mol. The van der Waals surface area contributed by atoms with E-state index in [-0.39, 0.29) is 13.2 Å². The molecule has 0 atom stereocenters. The first-order valence-corrected chi connectivity index (χ1v) is 4.67. The van der Waals surface area contributed by atoms with Crippen LogP contribution in [0.3, 0.4) is 0 Å². The minimum Gasteiger partial charge on any atom is -0.395 e. The number of aliphatic hydroxyl groups is 2. The van der Waals surface area contributed by atoms with Crippen molar-refractivity contribution in [3.63, 3.8) is 0 Å². The van der Waals surface area contributed by atoms with Crippen LogP contribution < -0.4 is 10.6 Å². The molecule has 0 unspecified atom stereocenters. The Labute approximate surface area is 83.6 Å². The first-order chi connectivity index (χ1) is 6.88. The van der Waals surface area contributed by atoms with Gasteiger partial charge in [-0.1, -0.05) is 12.1 Å². The molecule has 1 rings (SSSR count). The maximum absolute atomic E-state index is 8.67. The Morgan fingerprint density at radius 3 is 1.64 bits per heavy atom. The van der Waals surface area contributed by atoms with Gasteiger partial charge in [0.25, 0.3) is 0 Å². The lowest BCUT2D eigenvalue weighted by atomic mass is 10.2. The van der Waals surface area contributed by atoms with E-state index >= 15 is 0 Å². The lowest BCUT2D eigenvalue weighted by Gasteiger charge is -2.12. The van der Waals surface area contributed by atoms with Gasteiger partial charge in [0.1, 0.15) is 0 Å². The quantitative estimate of drug-likeness (QED) is 0.535. The summed E-state index contributed by atoms with van der Waals surface area (Å²) in [6.45, 7) is 1.26. The lowest BCUT2D eigenvalue weighted by Crippen LogP contribution is -2.10. The van der Waals surface area contributed by atoms with Crippen molar-refractivity contribution in [2.24, 2.45) is 0 Å². The Hall–Kier alpha value is -1.26. The highest BCUT2D eigenvalue weighted by molar-refractivity contribution is 5.68. The van der Waals surface area contributed by atoms with Crippen molar-refractivity contribution >= 4 is 11.4 Å². The average Bonchev–Trinajstić information content (AvgIpc) is 2.24. The van der Waals surface area contributed by atoms with Crippen LogP contribution in [-0.4, -0.2) is 36.5 Å². The van der Waals surface area contributed by atoms with Gasteiger partial charge in [-0.2, -0.15) is 0 Å². The molecule has 4 N–H and O–H groups in total. The molecule has 78 valence electrons. The number of aliphatic hydroxyl groups excluding tert-OH is 2. The van der Waals surface area contributed by atoms with E-state index in [4.69, 9.17) is 10.2 Å². The van der Waals surface area contributed by atoms with E-state index < -0.39 is 0 Å². The molecule has 0 aliphatic rings. The number of anilines is 2. The summed E-state index contributed by atoms with van der Waals surface area (Å²) in [5, 5.41) is 23.5. The highest BCUT2D eigenvalue weighted by atomic mass is 16.3. The zero-order valence-corrected chi connectivity index (χ0v) is 8.03. The van der Waals surface area contributed by atoms with E-state index in [9.17, 15) is 0 Å². The van der Waals surface area contributed by atoms with E-state index in [0.29, 0.717) is 13.1 Å². The van der Waals surface area contributed by atoms with Crippen LogP contribution in [0, 0.1) is 0 Å². The van der Waals surface area contributed by atoms with Crippen molar-refractivity contribution in [2.45, 2.75) is 0 Å². The summed E-state index contributed by atoms with van der Waals surface area (Å²) >= 11 is 0. The largest absolute Gasteiger partial charge is 0.395 e. The van der Waals surface area contributed by atoms with E-state index in [1.54, 1.807) is 0 Å². The smallest absolute Gasteiger partial charge is 0.0604 e. The molecule has 4 nitrogen and oxygen atoms in total. The van der Waals surface area contributed by atoms with Crippen LogP contribution in [0.4, 0.5) is 11.4 Å². The lowest BCUT2D eigenvalue weighted by molar-refractivity contribution is 0.310. The van der Waals surface area contributed by atoms with Gasteiger partial charge in [-0.15, -0.1) is 0 Å². The van der Waals surface area contributed by atoms with Crippen molar-refractivity contribution < 1.29 is 10.2 Å². The van der Waals surface area contributed by atoms with Gasteiger partial charge in [0.15, 0.2) is 0 Å². The highest BCUT2D eigenvalue weighted by Crippen LogP contribution is 2.19. The molecule has 0 heterocycles. The second-order valence-electron chi connectivity index (χ2n) is 2.85. The van der Waals surface area contributed by atoms with E-state index in [1.807, 2.05) is 24.3 Å². The van der Waals surface area contributed by atoms with Crippen molar-refractivity contribution in [3.8, 4) is 0 Å². The number of para-hydroxylation sites is 2. The van der Waals surface area contributed by atoms with Gasteiger partial charge in [0, 0.05) is 13.1 Å². The topological polar surface area (TPSA) is 64.5 Å². The molecule has 0 amide bonds. The SMILES string of the molecule is OCCNc1ccccc1NCCO. The Balaban J connectivity index is 2.60. The van der Waals surface area contributed by atoms with Gasteiger partial charge in [-0.3, -0.25) is 0 Å². The minimum atomic E-state index is 0.105. The third-order valence-corrected chi connectivity index (χ3v) is 1.78. The van der Waals surface area contributed by atoms with E-state index in [0.717, 1.165) is 11.4 Å². The maximum atomic E-state index is 8.67. The van der Waals surface area contributed by atoms with Gasteiger partial charge >= 0.3 is 0 Å². The summed E-state index contributed by atoms with van der Waals surface area (Å²) in [5.41, 5.74) is 1.88. The molecule has 0 spiro atoms. The molecule has 0 radical (unpaired) electrons. The van der Waals surface area contributed by atoms with Crippen LogP contribution in [0.25, 0.3) is 0 Å². The first-order valence-electron chi connectivity index (χ1n) is 4.67. The Kier molecular flexibility index (Phi) is 4.82. The molecule has 0 saturated heterocycles. The van der Waals surface area contributed by atoms with E-state index in [2.05, 4.69) is 10.6 Å². The molecule has 0 fully saturated rings. The molecule has 1 aromatic carbocycles. The van der Waals surface area contributed by atoms with E-state index in [1.165, 1.54) is 0 Å². The fourth-order valence-electron chi connectivity index (χ4n) is 1.17. The molecular formula is C10H16N2O2. The minimum absolute atomic E-state index is 0.105. The van der Waals surface area contributed by atoms with Gasteiger partial charge in [0.05, 0.1) is 24.6 Å². The number of rotatable bonds is 6. The van der Waals surface area contributed by atoms with Gasteiger partial charge in [0.2, 0.25) is 0 Å². The van der Waals surface area contributed by atoms with Crippen molar-refractivity contribution in [1.82, 2.24) is 0 Å². The monoisotopic (exact) mass is 196 g/mol. The van der Waals surface area contributed by atoms with Crippen LogP contribution in [0.15, 0.2) is 24.3 Å². The summed E-state index contributed by atoms with van der Waals surface area (Å²) in [4.78, 5) is 0. The Morgan fingerprint density at radius 2 is 1.29 bits per heavy atom. The molecule has 4 heteroatoms. The number of nitrogens with one attached hydrogen (secondary N) is 2. The normalized spacial score (nSPS) is 9.86. The van der Waals surface area contributed by atoms with Crippen LogP contribution in [-0.2, 0) is 0 Å². The summed E-state index contributed by atoms with van der Waals surface area (Å²) in [6, 6.07) is 7.69. The van der Waals surface area contributed by atoms with Crippen LogP contribution in [0.1, 0.15) is 0 Å². The first kappa shape index (κ1) is 10.8. The summed E-state index contributed by atoms with van der Waals surface area (Å²) in [5.74, 6) is 0. The fourth-order valence-corrected chi connectivity index (χ4v) is 1.17. The summed E-state index contributed by atoms with van der Waals surface area (Å²) < 4.78 is 0. The summed E-state index contributed by atoms with van der Waals surface area (Å²) in [6.07, 6.45) is 0. The number of hydrogen-bond donors (Lipinski definition) is 4. The molecule has 0 aliphatic carbocycles. The summed E-state index contributed by atoms with van der Waals surface area (Å²) in [7, 11) is 0. The predicted octanol–water partition coefficient (Wildman–Crippen LogP) is 0.495. The molecule has 0 aliphatic heterocycles. The van der Waals surface area contributed by atoms with Crippen molar-refractivity contribution in [3.05, 3.63) is 24.3 Å². The molecule has 0 bridgehead atoms. The second-order valence-corrected chi connectivity index (χ2v) is 2.85. The molecule has 1 aromatic rings. The highest BCUT2D eigenvalue weighted by Gasteiger charge is 1.98. The second kappa shape index (κ2) is 6.23. The molecular weight excluding hydrogens is 180 g/mol. The molecule has 0 aromatic heterocycles. The van der Waals surface area contributed by atoms with Gasteiger partial charge in [-0.25, -0.2) is 0 Å². The van der Waals surface area contributed by atoms with Gasteiger partial charge < -0.3 is 20.8 Å². The zero-order chi connectivity index (χ0) is 10.2. The van der Waals surface area contributed by atoms with Crippen LogP contribution in [0.2, 0.25) is 0 Å². The van der Waals surface area contributed by atoms with Crippen LogP contribution in [0.5, 0.6) is 0 Å². The Bertz CT molecular complexity index is 239. The zero-order valence-electron chi connectivity index (χ0n) is 8.03. The third-order valence-electron chi connectivity index (χ3n) is 1.78. The molecule has 14 heavy (non-hydrogen) atoms. The number of hydrogen-bond acceptors (Lipinski definition) is 4. The standard InChI is InChI=1S/C10H16N2O2/c13-7-5-11-9-3-1-2-4-10(9)12-6-8-14/h1-4,11-14H,5-8H2. The fraction of sp³-hybridized carbons (Fsp3) is 0.400.